The van der Waals surface area contributed by atoms with Gasteiger partial charge in [-0.05, 0) is 78.2 Å². The van der Waals surface area contributed by atoms with Crippen LogP contribution in [-0.4, -0.2) is 18.8 Å². The molecule has 4 aliphatic heterocycles. The van der Waals surface area contributed by atoms with Gasteiger partial charge in [0.05, 0.1) is 6.04 Å². The number of nitrogens with zero attached hydrogens (tertiary/aromatic N) is 2. The Balaban J connectivity index is 1.24. The monoisotopic (exact) mass is 585 g/mol. The molecule has 0 radical (unpaired) electrons. The fourth-order valence-corrected chi connectivity index (χ4v) is 7.18. The van der Waals surface area contributed by atoms with Gasteiger partial charge in [0.25, 0.3) is 0 Å². The molecule has 5 heteroatoms. The SMILES string of the molecule is C1=CC2=C(CC1)N(c1ccc3c(c1)Oc1ccccc1-c1ccccc1Oc1cc(C4=CCNC=C4)ccc1-3)C1C=NC=CC21. The number of aliphatic imine (C=N–C) groups is 1. The van der Waals surface area contributed by atoms with Crippen LogP contribution in [0.2, 0.25) is 0 Å². The lowest BCUT2D eigenvalue weighted by molar-refractivity contribution is 0.472. The molecule has 1 aliphatic carbocycles. The summed E-state index contributed by atoms with van der Waals surface area (Å²) in [5, 5.41) is 3.25. The maximum Gasteiger partial charge on any atom is 0.137 e. The van der Waals surface area contributed by atoms with Crippen molar-refractivity contribution in [3.05, 3.63) is 145 Å². The highest BCUT2D eigenvalue weighted by molar-refractivity contribution is 5.87. The van der Waals surface area contributed by atoms with Gasteiger partial charge in [-0.1, -0.05) is 66.8 Å². The van der Waals surface area contributed by atoms with Gasteiger partial charge in [0.1, 0.15) is 23.0 Å². The molecule has 5 aliphatic rings. The molecule has 0 fully saturated rings. The molecule has 9 rings (SSSR count). The molecule has 0 aromatic heterocycles. The maximum atomic E-state index is 6.96. The van der Waals surface area contributed by atoms with Crippen LogP contribution in [0.25, 0.3) is 27.8 Å². The molecule has 218 valence electrons. The molecule has 4 aromatic carbocycles. The summed E-state index contributed by atoms with van der Waals surface area (Å²) in [7, 11) is 0. The normalized spacial score (nSPS) is 20.4. The maximum absolute atomic E-state index is 6.96. The molecule has 4 heterocycles. The zero-order valence-corrected chi connectivity index (χ0v) is 24.7. The molecule has 0 saturated carbocycles. The van der Waals surface area contributed by atoms with Gasteiger partial charge in [0.15, 0.2) is 0 Å². The minimum Gasteiger partial charge on any atom is -0.456 e. The van der Waals surface area contributed by atoms with Crippen molar-refractivity contribution in [3.8, 4) is 45.3 Å². The fourth-order valence-electron chi connectivity index (χ4n) is 7.18. The van der Waals surface area contributed by atoms with E-state index in [9.17, 15) is 0 Å². The van der Waals surface area contributed by atoms with Crippen LogP contribution < -0.4 is 19.7 Å². The van der Waals surface area contributed by atoms with Crippen LogP contribution in [0.4, 0.5) is 5.69 Å². The van der Waals surface area contributed by atoms with Gasteiger partial charge in [-0.25, -0.2) is 0 Å². The highest BCUT2D eigenvalue weighted by atomic mass is 16.5. The lowest BCUT2D eigenvalue weighted by Crippen LogP contribution is -2.36. The van der Waals surface area contributed by atoms with E-state index in [4.69, 9.17) is 9.47 Å². The highest BCUT2D eigenvalue weighted by Crippen LogP contribution is 2.50. The summed E-state index contributed by atoms with van der Waals surface area (Å²) >= 11 is 0. The first kappa shape index (κ1) is 25.9. The van der Waals surface area contributed by atoms with E-state index < -0.39 is 0 Å². The third kappa shape index (κ3) is 4.34. The Bertz CT molecular complexity index is 2050. The average Bonchev–Trinajstić information content (AvgIpc) is 3.44. The van der Waals surface area contributed by atoms with Crippen molar-refractivity contribution in [1.29, 1.82) is 0 Å². The third-order valence-corrected chi connectivity index (χ3v) is 9.29. The largest absolute Gasteiger partial charge is 0.456 e. The van der Waals surface area contributed by atoms with Crippen LogP contribution in [0.1, 0.15) is 18.4 Å². The van der Waals surface area contributed by atoms with Gasteiger partial charge in [-0.3, -0.25) is 4.99 Å². The molecule has 4 aromatic rings. The first-order chi connectivity index (χ1) is 22.3. The Morgan fingerprint density at radius 1 is 0.756 bits per heavy atom. The molecule has 2 atom stereocenters. The molecule has 0 saturated heterocycles. The van der Waals surface area contributed by atoms with E-state index >= 15 is 0 Å². The molecule has 0 spiro atoms. The predicted molar refractivity (Wildman–Crippen MR) is 182 cm³/mol. The van der Waals surface area contributed by atoms with Gasteiger partial charge in [-0.15, -0.1) is 0 Å². The van der Waals surface area contributed by atoms with Crippen LogP contribution in [0.3, 0.4) is 0 Å². The molecule has 0 bridgehead atoms. The zero-order valence-electron chi connectivity index (χ0n) is 24.7. The molecule has 2 unspecified atom stereocenters. The van der Waals surface area contributed by atoms with E-state index in [0.29, 0.717) is 5.92 Å². The lowest BCUT2D eigenvalue weighted by atomic mass is 9.91. The van der Waals surface area contributed by atoms with Crippen LogP contribution >= 0.6 is 0 Å². The number of hydrogen-bond donors (Lipinski definition) is 1. The van der Waals surface area contributed by atoms with Crippen LogP contribution in [0.5, 0.6) is 23.0 Å². The standard InChI is InChI=1S/C40H31N3O2/c1-4-10-35-29(7-1)30-19-22-42-25-36(30)43(35)28-14-16-34-33-15-13-27(26-17-20-41-21-18-26)23-39(33)44-37-11-5-2-8-31(37)32-9-3-6-12-38(32)45-40(34)24-28/h1-3,5-9,11-20,22-25,30,36,41H,4,10,21H2. The van der Waals surface area contributed by atoms with E-state index in [1.54, 1.807) is 0 Å². The second kappa shape index (κ2) is 10.6. The van der Waals surface area contributed by atoms with Crippen molar-refractivity contribution < 1.29 is 9.47 Å². The number of ether oxygens (including phenoxy) is 2. The van der Waals surface area contributed by atoms with Crippen molar-refractivity contribution in [3.63, 3.8) is 0 Å². The van der Waals surface area contributed by atoms with Gasteiger partial charge in [0.2, 0.25) is 0 Å². The summed E-state index contributed by atoms with van der Waals surface area (Å²) in [6.07, 6.45) is 19.2. The Kier molecular flexibility index (Phi) is 6.08. The number of anilines is 1. The summed E-state index contributed by atoms with van der Waals surface area (Å²) in [4.78, 5) is 7.03. The Labute approximate surface area is 262 Å². The summed E-state index contributed by atoms with van der Waals surface area (Å²) in [5.74, 6) is 3.46. The molecular formula is C40H31N3O2. The molecule has 0 amide bonds. The van der Waals surface area contributed by atoms with E-state index in [2.05, 4.69) is 106 Å². The molecular weight excluding hydrogens is 554 g/mol. The minimum atomic E-state index is 0.143. The number of nitrogens with one attached hydrogen (secondary N) is 1. The number of fused-ring (bicyclic) bond motifs is 8. The number of hydrogen-bond acceptors (Lipinski definition) is 5. The molecule has 5 nitrogen and oxygen atoms in total. The second-order valence-corrected chi connectivity index (χ2v) is 11.9. The zero-order chi connectivity index (χ0) is 29.7. The highest BCUT2D eigenvalue weighted by Gasteiger charge is 2.40. The van der Waals surface area contributed by atoms with Crippen molar-refractivity contribution in [2.45, 2.75) is 18.9 Å². The third-order valence-electron chi connectivity index (χ3n) is 9.29. The average molecular weight is 586 g/mol. The van der Waals surface area contributed by atoms with E-state index in [-0.39, 0.29) is 6.04 Å². The summed E-state index contributed by atoms with van der Waals surface area (Å²) < 4.78 is 13.8. The number of benzene rings is 4. The van der Waals surface area contributed by atoms with Crippen LogP contribution in [0.15, 0.2) is 144 Å². The summed E-state index contributed by atoms with van der Waals surface area (Å²) in [6, 6.07) is 29.7. The molecule has 45 heavy (non-hydrogen) atoms. The van der Waals surface area contributed by atoms with Gasteiger partial charge >= 0.3 is 0 Å². The number of allylic oxidation sites excluding steroid dienone is 5. The predicted octanol–water partition coefficient (Wildman–Crippen LogP) is 9.43. The lowest BCUT2D eigenvalue weighted by Gasteiger charge is -2.31. The number of para-hydroxylation sites is 2. The molecule has 1 N–H and O–H groups in total. The quantitative estimate of drug-likeness (QED) is 0.224. The van der Waals surface area contributed by atoms with Gasteiger partial charge < -0.3 is 19.7 Å². The van der Waals surface area contributed by atoms with Crippen molar-refractivity contribution >= 4 is 17.5 Å². The Hall–Kier alpha value is -5.55. The first-order valence-electron chi connectivity index (χ1n) is 15.6. The Morgan fingerprint density at radius 3 is 2.27 bits per heavy atom. The minimum absolute atomic E-state index is 0.143. The van der Waals surface area contributed by atoms with Gasteiger partial charge in [-0.2, -0.15) is 0 Å². The van der Waals surface area contributed by atoms with Crippen molar-refractivity contribution in [2.75, 3.05) is 11.4 Å². The van der Waals surface area contributed by atoms with Crippen molar-refractivity contribution in [1.82, 2.24) is 5.32 Å². The van der Waals surface area contributed by atoms with E-state index in [0.717, 1.165) is 75.9 Å². The summed E-state index contributed by atoms with van der Waals surface area (Å²) in [6.45, 7) is 0.801. The van der Waals surface area contributed by atoms with E-state index in [1.165, 1.54) is 16.8 Å². The summed E-state index contributed by atoms with van der Waals surface area (Å²) in [5.41, 5.74) is 10.1. The second-order valence-electron chi connectivity index (χ2n) is 11.9. The number of dihydropyridines is 1. The van der Waals surface area contributed by atoms with Gasteiger partial charge in [0, 0.05) is 64.6 Å². The van der Waals surface area contributed by atoms with Crippen LogP contribution in [0, 0.1) is 5.92 Å². The topological polar surface area (TPSA) is 46.1 Å². The van der Waals surface area contributed by atoms with Crippen LogP contribution in [-0.2, 0) is 0 Å². The fraction of sp³-hybridized carbons (Fsp3) is 0.125. The van der Waals surface area contributed by atoms with E-state index in [1.807, 2.05) is 42.7 Å². The number of rotatable bonds is 2. The smallest absolute Gasteiger partial charge is 0.137 e. The first-order valence-corrected chi connectivity index (χ1v) is 15.6. The van der Waals surface area contributed by atoms with Crippen molar-refractivity contribution in [2.24, 2.45) is 10.9 Å². The Morgan fingerprint density at radius 2 is 1.49 bits per heavy atom.